The molecule has 5 nitrogen and oxygen atoms in total. The highest BCUT2D eigenvalue weighted by Gasteiger charge is 2.31. The standard InChI is InChI=1S/C10H15FN2O3/c1-4-16-10(15)8(11)9(14)7-5-12-13(3)6(7)2/h5,8-9,14H,4H2,1-3H3. The summed E-state index contributed by atoms with van der Waals surface area (Å²) in [6, 6.07) is 0. The zero-order valence-corrected chi connectivity index (χ0v) is 9.48. The first-order valence-electron chi connectivity index (χ1n) is 4.96. The van der Waals surface area contributed by atoms with E-state index in [1.165, 1.54) is 10.9 Å². The van der Waals surface area contributed by atoms with Crippen LogP contribution in [0.2, 0.25) is 0 Å². The van der Waals surface area contributed by atoms with Crippen molar-refractivity contribution in [3.63, 3.8) is 0 Å². The van der Waals surface area contributed by atoms with Crippen LogP contribution >= 0.6 is 0 Å². The van der Waals surface area contributed by atoms with Gasteiger partial charge in [0.15, 0.2) is 0 Å². The van der Waals surface area contributed by atoms with E-state index in [0.717, 1.165) is 0 Å². The average molecular weight is 230 g/mol. The number of aryl methyl sites for hydroxylation is 1. The van der Waals surface area contributed by atoms with Gasteiger partial charge in [-0.05, 0) is 13.8 Å². The van der Waals surface area contributed by atoms with Crippen molar-refractivity contribution in [2.24, 2.45) is 7.05 Å². The van der Waals surface area contributed by atoms with Gasteiger partial charge in [0, 0.05) is 18.3 Å². The Morgan fingerprint density at radius 2 is 2.38 bits per heavy atom. The van der Waals surface area contributed by atoms with Crippen LogP contribution in [0.15, 0.2) is 6.20 Å². The summed E-state index contributed by atoms with van der Waals surface area (Å²) in [4.78, 5) is 11.1. The number of aromatic nitrogens is 2. The normalized spacial score (nSPS) is 14.6. The van der Waals surface area contributed by atoms with Gasteiger partial charge in [0.05, 0.1) is 12.8 Å². The van der Waals surface area contributed by atoms with Crippen LogP contribution < -0.4 is 0 Å². The number of ether oxygens (including phenoxy) is 1. The average Bonchev–Trinajstić information content (AvgIpc) is 2.58. The summed E-state index contributed by atoms with van der Waals surface area (Å²) >= 11 is 0. The third-order valence-electron chi connectivity index (χ3n) is 2.38. The van der Waals surface area contributed by atoms with Crippen molar-refractivity contribution in [3.05, 3.63) is 17.5 Å². The molecule has 90 valence electrons. The second-order valence-electron chi connectivity index (χ2n) is 3.41. The van der Waals surface area contributed by atoms with E-state index < -0.39 is 18.2 Å². The number of halogens is 1. The molecule has 0 saturated carbocycles. The molecule has 1 heterocycles. The van der Waals surface area contributed by atoms with Crippen LogP contribution in [-0.2, 0) is 16.6 Å². The lowest BCUT2D eigenvalue weighted by Gasteiger charge is -2.14. The minimum atomic E-state index is -2.08. The predicted molar refractivity (Wildman–Crippen MR) is 54.4 cm³/mol. The lowest BCUT2D eigenvalue weighted by atomic mass is 10.1. The fraction of sp³-hybridized carbons (Fsp3) is 0.600. The van der Waals surface area contributed by atoms with Gasteiger partial charge in [0.1, 0.15) is 6.10 Å². The number of aliphatic hydroxyl groups excluding tert-OH is 1. The van der Waals surface area contributed by atoms with Crippen molar-refractivity contribution >= 4 is 5.97 Å². The summed E-state index contributed by atoms with van der Waals surface area (Å²) in [6.45, 7) is 3.34. The molecule has 1 aromatic heterocycles. The highest BCUT2D eigenvalue weighted by molar-refractivity contribution is 5.75. The molecular formula is C10H15FN2O3. The van der Waals surface area contributed by atoms with Gasteiger partial charge >= 0.3 is 5.97 Å². The topological polar surface area (TPSA) is 64.3 Å². The smallest absolute Gasteiger partial charge is 0.343 e. The third kappa shape index (κ3) is 2.38. The van der Waals surface area contributed by atoms with Gasteiger partial charge in [-0.15, -0.1) is 0 Å². The molecule has 0 aliphatic heterocycles. The number of nitrogens with zero attached hydrogens (tertiary/aromatic N) is 2. The fourth-order valence-corrected chi connectivity index (χ4v) is 1.31. The van der Waals surface area contributed by atoms with Crippen LogP contribution in [0, 0.1) is 6.92 Å². The Morgan fingerprint density at radius 1 is 1.75 bits per heavy atom. The SMILES string of the molecule is CCOC(=O)C(F)C(O)c1cnn(C)c1C. The number of rotatable bonds is 4. The van der Waals surface area contributed by atoms with E-state index in [1.807, 2.05) is 0 Å². The first kappa shape index (κ1) is 12.6. The van der Waals surface area contributed by atoms with Crippen molar-refractivity contribution < 1.29 is 19.0 Å². The second-order valence-corrected chi connectivity index (χ2v) is 3.41. The molecule has 2 atom stereocenters. The lowest BCUT2D eigenvalue weighted by Crippen LogP contribution is -2.26. The second kappa shape index (κ2) is 5.07. The summed E-state index contributed by atoms with van der Waals surface area (Å²) < 4.78 is 19.5. The van der Waals surface area contributed by atoms with Gasteiger partial charge in [-0.3, -0.25) is 4.68 Å². The minimum absolute atomic E-state index is 0.0813. The molecule has 0 aliphatic carbocycles. The predicted octanol–water partition coefficient (Wildman–Crippen LogP) is 0.663. The zero-order valence-electron chi connectivity index (χ0n) is 9.48. The highest BCUT2D eigenvalue weighted by atomic mass is 19.1. The van der Waals surface area contributed by atoms with Crippen molar-refractivity contribution in [1.29, 1.82) is 0 Å². The number of aliphatic hydroxyl groups is 1. The van der Waals surface area contributed by atoms with Crippen LogP contribution in [-0.4, -0.2) is 33.6 Å². The van der Waals surface area contributed by atoms with E-state index in [9.17, 15) is 14.3 Å². The molecule has 6 heteroatoms. The molecule has 1 aromatic rings. The van der Waals surface area contributed by atoms with Crippen molar-refractivity contribution in [2.75, 3.05) is 6.61 Å². The molecular weight excluding hydrogens is 215 g/mol. The largest absolute Gasteiger partial charge is 0.464 e. The number of hydrogen-bond acceptors (Lipinski definition) is 4. The van der Waals surface area contributed by atoms with Crippen LogP contribution in [0.4, 0.5) is 4.39 Å². The lowest BCUT2D eigenvalue weighted by molar-refractivity contribution is -0.153. The Balaban J connectivity index is 2.81. The van der Waals surface area contributed by atoms with E-state index in [1.54, 1.807) is 20.9 Å². The molecule has 0 bridgehead atoms. The first-order chi connectivity index (χ1) is 7.49. The summed E-state index contributed by atoms with van der Waals surface area (Å²) in [5.74, 6) is -1.06. The molecule has 0 radical (unpaired) electrons. The van der Waals surface area contributed by atoms with E-state index in [4.69, 9.17) is 0 Å². The Hall–Kier alpha value is -1.43. The van der Waals surface area contributed by atoms with Crippen LogP contribution in [0.5, 0.6) is 0 Å². The molecule has 1 rings (SSSR count). The van der Waals surface area contributed by atoms with Crippen molar-refractivity contribution in [2.45, 2.75) is 26.1 Å². The molecule has 0 aliphatic rings. The number of esters is 1. The number of alkyl halides is 1. The molecule has 0 aromatic carbocycles. The van der Waals surface area contributed by atoms with Crippen molar-refractivity contribution in [1.82, 2.24) is 9.78 Å². The molecule has 2 unspecified atom stereocenters. The minimum Gasteiger partial charge on any atom is -0.464 e. The summed E-state index contributed by atoms with van der Waals surface area (Å²) in [5.41, 5.74) is 0.905. The highest BCUT2D eigenvalue weighted by Crippen LogP contribution is 2.22. The summed E-state index contributed by atoms with van der Waals surface area (Å²) in [6.07, 6.45) is -2.28. The molecule has 0 fully saturated rings. The van der Waals surface area contributed by atoms with Crippen LogP contribution in [0.3, 0.4) is 0 Å². The molecule has 1 N–H and O–H groups in total. The maximum atomic E-state index is 13.5. The van der Waals surface area contributed by atoms with Crippen LogP contribution in [0.1, 0.15) is 24.3 Å². The van der Waals surface area contributed by atoms with Crippen LogP contribution in [0.25, 0.3) is 0 Å². The molecule has 0 saturated heterocycles. The Bertz CT molecular complexity index is 378. The Morgan fingerprint density at radius 3 is 2.81 bits per heavy atom. The monoisotopic (exact) mass is 230 g/mol. The molecule has 0 amide bonds. The maximum Gasteiger partial charge on any atom is 0.343 e. The summed E-state index contributed by atoms with van der Waals surface area (Å²) in [5, 5.41) is 13.5. The maximum absolute atomic E-state index is 13.5. The van der Waals surface area contributed by atoms with Gasteiger partial charge in [-0.25, -0.2) is 9.18 Å². The van der Waals surface area contributed by atoms with Gasteiger partial charge in [0.25, 0.3) is 0 Å². The third-order valence-corrected chi connectivity index (χ3v) is 2.38. The van der Waals surface area contributed by atoms with E-state index in [0.29, 0.717) is 11.3 Å². The zero-order chi connectivity index (χ0) is 12.3. The number of carbonyl (C=O) groups is 1. The molecule has 16 heavy (non-hydrogen) atoms. The van der Waals surface area contributed by atoms with Gasteiger partial charge in [0.2, 0.25) is 6.17 Å². The fourth-order valence-electron chi connectivity index (χ4n) is 1.31. The van der Waals surface area contributed by atoms with Gasteiger partial charge in [-0.2, -0.15) is 5.10 Å². The number of hydrogen-bond donors (Lipinski definition) is 1. The van der Waals surface area contributed by atoms with E-state index >= 15 is 0 Å². The van der Waals surface area contributed by atoms with Gasteiger partial charge in [-0.1, -0.05) is 0 Å². The van der Waals surface area contributed by atoms with Crippen molar-refractivity contribution in [3.8, 4) is 0 Å². The number of carbonyl (C=O) groups excluding carboxylic acids is 1. The molecule has 0 spiro atoms. The quantitative estimate of drug-likeness (QED) is 0.772. The summed E-state index contributed by atoms with van der Waals surface area (Å²) in [7, 11) is 1.67. The van der Waals surface area contributed by atoms with E-state index in [-0.39, 0.29) is 6.61 Å². The Labute approximate surface area is 92.8 Å². The Kier molecular flexibility index (Phi) is 4.00. The van der Waals surface area contributed by atoms with Gasteiger partial charge < -0.3 is 9.84 Å². The first-order valence-corrected chi connectivity index (χ1v) is 4.96. The van der Waals surface area contributed by atoms with E-state index in [2.05, 4.69) is 9.84 Å².